The van der Waals surface area contributed by atoms with E-state index in [4.69, 9.17) is 5.73 Å². The van der Waals surface area contributed by atoms with Crippen LogP contribution in [0.25, 0.3) is 11.3 Å². The van der Waals surface area contributed by atoms with Gasteiger partial charge in [-0.05, 0) is 47.1 Å². The number of rotatable bonds is 4. The average Bonchev–Trinajstić information content (AvgIpc) is 2.79. The predicted octanol–water partition coefficient (Wildman–Crippen LogP) is 3.60. The summed E-state index contributed by atoms with van der Waals surface area (Å²) in [5.74, 6) is -0.257. The molecule has 2 N–H and O–H groups in total. The van der Waals surface area contributed by atoms with Crippen LogP contribution in [0.5, 0.6) is 0 Å². The third-order valence-corrected chi connectivity index (χ3v) is 3.88. The van der Waals surface area contributed by atoms with Gasteiger partial charge in [-0.2, -0.15) is 0 Å². The van der Waals surface area contributed by atoms with Gasteiger partial charge in [0.2, 0.25) is 0 Å². The van der Waals surface area contributed by atoms with E-state index in [-0.39, 0.29) is 5.82 Å². The lowest BCUT2D eigenvalue weighted by Crippen LogP contribution is -1.99. The Morgan fingerprint density at radius 1 is 1.41 bits per heavy atom. The lowest BCUT2D eigenvalue weighted by atomic mass is 10.2. The van der Waals surface area contributed by atoms with Crippen molar-refractivity contribution in [3.8, 4) is 11.3 Å². The zero-order valence-electron chi connectivity index (χ0n) is 9.12. The molecule has 0 unspecified atom stereocenters. The van der Waals surface area contributed by atoms with E-state index in [1.54, 1.807) is 23.5 Å². The Labute approximate surface area is 112 Å². The molecule has 1 aromatic heterocycles. The highest BCUT2D eigenvalue weighted by Gasteiger charge is 2.06. The minimum atomic E-state index is -0.257. The third-order valence-electron chi connectivity index (χ3n) is 2.36. The highest BCUT2D eigenvalue weighted by atomic mass is 79.9. The molecule has 17 heavy (non-hydrogen) atoms. The van der Waals surface area contributed by atoms with Crippen LogP contribution in [0.2, 0.25) is 0 Å². The minimum Gasteiger partial charge on any atom is -0.330 e. The maximum absolute atomic E-state index is 13.1. The first kappa shape index (κ1) is 12.7. The average molecular weight is 315 g/mol. The summed E-state index contributed by atoms with van der Waals surface area (Å²) in [5, 5.41) is 3.07. The van der Waals surface area contributed by atoms with Crippen LogP contribution in [0.3, 0.4) is 0 Å². The molecular formula is C12H12BrFN2S. The van der Waals surface area contributed by atoms with Crippen molar-refractivity contribution in [1.82, 2.24) is 4.98 Å². The minimum absolute atomic E-state index is 0.257. The van der Waals surface area contributed by atoms with Crippen molar-refractivity contribution in [2.45, 2.75) is 12.8 Å². The van der Waals surface area contributed by atoms with Crippen LogP contribution in [-0.2, 0) is 6.42 Å². The summed E-state index contributed by atoms with van der Waals surface area (Å²) in [4.78, 5) is 4.51. The van der Waals surface area contributed by atoms with Crippen molar-refractivity contribution in [2.24, 2.45) is 5.73 Å². The fraction of sp³-hybridized carbons (Fsp3) is 0.250. The second-order valence-corrected chi connectivity index (χ2v) is 5.44. The first-order chi connectivity index (χ1) is 8.20. The van der Waals surface area contributed by atoms with E-state index in [1.807, 2.05) is 5.38 Å². The van der Waals surface area contributed by atoms with Crippen LogP contribution in [0, 0.1) is 5.82 Å². The first-order valence-corrected chi connectivity index (χ1v) is 6.98. The fourth-order valence-electron chi connectivity index (χ4n) is 1.47. The smallest absolute Gasteiger partial charge is 0.137 e. The van der Waals surface area contributed by atoms with E-state index in [1.165, 1.54) is 6.07 Å². The largest absolute Gasteiger partial charge is 0.330 e. The highest BCUT2D eigenvalue weighted by molar-refractivity contribution is 9.10. The number of nitrogens with two attached hydrogens (primary N) is 1. The van der Waals surface area contributed by atoms with E-state index in [0.29, 0.717) is 11.0 Å². The molecule has 0 spiro atoms. The summed E-state index contributed by atoms with van der Waals surface area (Å²) in [6, 6.07) is 4.93. The Kier molecular flexibility index (Phi) is 4.25. The molecule has 2 rings (SSSR count). The van der Waals surface area contributed by atoms with E-state index in [2.05, 4.69) is 20.9 Å². The maximum atomic E-state index is 13.1. The quantitative estimate of drug-likeness (QED) is 0.936. The molecule has 2 nitrogen and oxygen atoms in total. The second-order valence-electron chi connectivity index (χ2n) is 3.65. The summed E-state index contributed by atoms with van der Waals surface area (Å²) in [6.07, 6.45) is 1.85. The molecule has 0 aliphatic heterocycles. The van der Waals surface area contributed by atoms with Crippen molar-refractivity contribution < 1.29 is 4.39 Å². The van der Waals surface area contributed by atoms with E-state index in [9.17, 15) is 4.39 Å². The Morgan fingerprint density at radius 3 is 2.94 bits per heavy atom. The molecular weight excluding hydrogens is 303 g/mol. The molecule has 0 aliphatic carbocycles. The molecule has 0 radical (unpaired) electrons. The molecule has 1 aromatic carbocycles. The summed E-state index contributed by atoms with van der Waals surface area (Å²) >= 11 is 4.79. The molecule has 2 aromatic rings. The monoisotopic (exact) mass is 314 g/mol. The highest BCUT2D eigenvalue weighted by Crippen LogP contribution is 2.26. The Hall–Kier alpha value is -0.780. The standard InChI is InChI=1S/C12H12BrFN2S/c13-9-6-8(3-4-10(9)14)11-7-17-12(16-11)2-1-5-15/h3-4,6-7H,1-2,5,15H2. The third kappa shape index (κ3) is 3.12. The molecule has 5 heteroatoms. The number of benzene rings is 1. The van der Waals surface area contributed by atoms with E-state index in [0.717, 1.165) is 29.1 Å². The van der Waals surface area contributed by atoms with Crippen molar-refractivity contribution >= 4 is 27.3 Å². The molecule has 0 saturated heterocycles. The number of hydrogen-bond donors (Lipinski definition) is 1. The number of halogens is 2. The van der Waals surface area contributed by atoms with Crippen LogP contribution in [-0.4, -0.2) is 11.5 Å². The number of thiazole rings is 1. The number of nitrogens with zero attached hydrogens (tertiary/aromatic N) is 1. The van der Waals surface area contributed by atoms with Crippen LogP contribution < -0.4 is 5.73 Å². The topological polar surface area (TPSA) is 38.9 Å². The van der Waals surface area contributed by atoms with Gasteiger partial charge in [0.15, 0.2) is 0 Å². The molecule has 90 valence electrons. The zero-order valence-corrected chi connectivity index (χ0v) is 11.5. The normalized spacial score (nSPS) is 10.8. The van der Waals surface area contributed by atoms with Crippen LogP contribution >= 0.6 is 27.3 Å². The Morgan fingerprint density at radius 2 is 2.24 bits per heavy atom. The van der Waals surface area contributed by atoms with Gasteiger partial charge >= 0.3 is 0 Å². The molecule has 0 atom stereocenters. The van der Waals surface area contributed by atoms with Gasteiger partial charge < -0.3 is 5.73 Å². The molecule has 1 heterocycles. The van der Waals surface area contributed by atoms with Crippen LogP contribution in [0.1, 0.15) is 11.4 Å². The Bertz CT molecular complexity index is 513. The van der Waals surface area contributed by atoms with Crippen molar-refractivity contribution in [3.05, 3.63) is 38.9 Å². The van der Waals surface area contributed by atoms with Crippen LogP contribution in [0.4, 0.5) is 4.39 Å². The lowest BCUT2D eigenvalue weighted by Gasteiger charge is -1.99. The summed E-state index contributed by atoms with van der Waals surface area (Å²) in [6.45, 7) is 0.678. The van der Waals surface area contributed by atoms with Crippen molar-refractivity contribution in [2.75, 3.05) is 6.54 Å². The van der Waals surface area contributed by atoms with Gasteiger partial charge in [0.25, 0.3) is 0 Å². The van der Waals surface area contributed by atoms with Crippen LogP contribution in [0.15, 0.2) is 28.1 Å². The van der Waals surface area contributed by atoms with Gasteiger partial charge in [-0.15, -0.1) is 11.3 Å². The first-order valence-electron chi connectivity index (χ1n) is 5.30. The maximum Gasteiger partial charge on any atom is 0.137 e. The number of aryl methyl sites for hydroxylation is 1. The van der Waals surface area contributed by atoms with Gasteiger partial charge in [-0.1, -0.05) is 0 Å². The molecule has 0 amide bonds. The number of hydrogen-bond acceptors (Lipinski definition) is 3. The van der Waals surface area contributed by atoms with Gasteiger partial charge in [0.1, 0.15) is 5.82 Å². The molecule has 0 fully saturated rings. The second kappa shape index (κ2) is 5.71. The summed E-state index contributed by atoms with van der Waals surface area (Å²) in [5.41, 5.74) is 7.28. The SMILES string of the molecule is NCCCc1nc(-c2ccc(F)c(Br)c2)cs1. The van der Waals surface area contributed by atoms with Gasteiger partial charge in [-0.3, -0.25) is 0 Å². The molecule has 0 bridgehead atoms. The van der Waals surface area contributed by atoms with Gasteiger partial charge in [0.05, 0.1) is 15.2 Å². The van der Waals surface area contributed by atoms with E-state index >= 15 is 0 Å². The number of aromatic nitrogens is 1. The molecule has 0 saturated carbocycles. The van der Waals surface area contributed by atoms with E-state index < -0.39 is 0 Å². The summed E-state index contributed by atoms with van der Waals surface area (Å²) in [7, 11) is 0. The Balaban J connectivity index is 2.21. The molecule has 0 aliphatic rings. The van der Waals surface area contributed by atoms with Crippen molar-refractivity contribution in [3.63, 3.8) is 0 Å². The predicted molar refractivity (Wildman–Crippen MR) is 72.6 cm³/mol. The summed E-state index contributed by atoms with van der Waals surface area (Å²) < 4.78 is 13.6. The van der Waals surface area contributed by atoms with Gasteiger partial charge in [0, 0.05) is 17.4 Å². The lowest BCUT2D eigenvalue weighted by molar-refractivity contribution is 0.621. The van der Waals surface area contributed by atoms with Gasteiger partial charge in [-0.25, -0.2) is 9.37 Å². The van der Waals surface area contributed by atoms with Crippen molar-refractivity contribution in [1.29, 1.82) is 0 Å². The fourth-order valence-corrected chi connectivity index (χ4v) is 2.70. The zero-order chi connectivity index (χ0) is 12.3.